The standard InChI is InChI=1S/C23H21N3O2/c1-15-10-11-18(14-16(15)2)24-21(27)12-13-22-25-23(26-28-22)20-9-5-7-17-6-3-4-8-19(17)20/h3-11,14H,12-13H2,1-2H3,(H,24,27). The van der Waals surface area contributed by atoms with Gasteiger partial charge < -0.3 is 9.84 Å². The molecule has 0 aliphatic heterocycles. The van der Waals surface area contributed by atoms with Crippen LogP contribution in [0.25, 0.3) is 22.2 Å². The number of amides is 1. The minimum absolute atomic E-state index is 0.0758. The second-order valence-corrected chi connectivity index (χ2v) is 6.89. The summed E-state index contributed by atoms with van der Waals surface area (Å²) in [6, 6.07) is 20.0. The summed E-state index contributed by atoms with van der Waals surface area (Å²) < 4.78 is 5.36. The van der Waals surface area contributed by atoms with Crippen molar-refractivity contribution in [1.82, 2.24) is 10.1 Å². The molecule has 0 radical (unpaired) electrons. The van der Waals surface area contributed by atoms with E-state index >= 15 is 0 Å². The zero-order valence-electron chi connectivity index (χ0n) is 15.9. The fourth-order valence-electron chi connectivity index (χ4n) is 3.15. The molecule has 3 aromatic carbocycles. The molecule has 1 heterocycles. The first-order chi connectivity index (χ1) is 13.6. The van der Waals surface area contributed by atoms with Gasteiger partial charge in [-0.25, -0.2) is 0 Å². The van der Waals surface area contributed by atoms with Crippen LogP contribution in [0, 0.1) is 13.8 Å². The number of nitrogens with zero attached hydrogens (tertiary/aromatic N) is 2. The van der Waals surface area contributed by atoms with Crippen molar-refractivity contribution < 1.29 is 9.32 Å². The highest BCUT2D eigenvalue weighted by Gasteiger charge is 2.13. The Bertz CT molecular complexity index is 1140. The molecule has 1 amide bonds. The summed E-state index contributed by atoms with van der Waals surface area (Å²) in [5.41, 5.74) is 4.07. The van der Waals surface area contributed by atoms with Crippen LogP contribution in [-0.2, 0) is 11.2 Å². The summed E-state index contributed by atoms with van der Waals surface area (Å²) in [4.78, 5) is 16.7. The third kappa shape index (κ3) is 3.78. The van der Waals surface area contributed by atoms with Crippen molar-refractivity contribution in [3.8, 4) is 11.4 Å². The predicted octanol–water partition coefficient (Wildman–Crippen LogP) is 5.08. The SMILES string of the molecule is Cc1ccc(NC(=O)CCc2nc(-c3cccc4ccccc34)no2)cc1C. The average Bonchev–Trinajstić information content (AvgIpc) is 3.18. The monoisotopic (exact) mass is 371 g/mol. The van der Waals surface area contributed by atoms with Crippen LogP contribution in [-0.4, -0.2) is 16.0 Å². The summed E-state index contributed by atoms with van der Waals surface area (Å²) in [5, 5.41) is 9.21. The third-order valence-electron chi connectivity index (χ3n) is 4.86. The minimum Gasteiger partial charge on any atom is -0.339 e. The second kappa shape index (κ2) is 7.64. The molecule has 140 valence electrons. The Morgan fingerprint density at radius 2 is 1.82 bits per heavy atom. The molecule has 4 rings (SSSR count). The van der Waals surface area contributed by atoms with Gasteiger partial charge in [0.1, 0.15) is 0 Å². The van der Waals surface area contributed by atoms with Crippen molar-refractivity contribution in [3.63, 3.8) is 0 Å². The minimum atomic E-state index is -0.0758. The van der Waals surface area contributed by atoms with Crippen molar-refractivity contribution in [1.29, 1.82) is 0 Å². The Morgan fingerprint density at radius 1 is 1.00 bits per heavy atom. The molecule has 28 heavy (non-hydrogen) atoms. The quantitative estimate of drug-likeness (QED) is 0.531. The van der Waals surface area contributed by atoms with E-state index in [1.165, 1.54) is 5.56 Å². The number of hydrogen-bond acceptors (Lipinski definition) is 4. The Kier molecular flexibility index (Phi) is 4.89. The van der Waals surface area contributed by atoms with E-state index in [0.717, 1.165) is 27.6 Å². The van der Waals surface area contributed by atoms with Gasteiger partial charge in [0.25, 0.3) is 0 Å². The summed E-state index contributed by atoms with van der Waals surface area (Å²) in [6.07, 6.45) is 0.679. The van der Waals surface area contributed by atoms with Crippen LogP contribution in [0.5, 0.6) is 0 Å². The maximum atomic E-state index is 12.2. The van der Waals surface area contributed by atoms with Gasteiger partial charge in [-0.2, -0.15) is 4.98 Å². The van der Waals surface area contributed by atoms with Crippen molar-refractivity contribution in [2.75, 3.05) is 5.32 Å². The lowest BCUT2D eigenvalue weighted by Crippen LogP contribution is -2.12. The highest BCUT2D eigenvalue weighted by molar-refractivity contribution is 5.95. The van der Waals surface area contributed by atoms with Crippen LogP contribution >= 0.6 is 0 Å². The molecule has 0 fully saturated rings. The van der Waals surface area contributed by atoms with Crippen molar-refractivity contribution in [3.05, 3.63) is 77.7 Å². The lowest BCUT2D eigenvalue weighted by Gasteiger charge is -2.06. The molecule has 0 aliphatic rings. The summed E-state index contributed by atoms with van der Waals surface area (Å²) in [7, 11) is 0. The van der Waals surface area contributed by atoms with E-state index in [4.69, 9.17) is 4.52 Å². The molecular formula is C23H21N3O2. The number of carbonyl (C=O) groups excluding carboxylic acids is 1. The molecule has 4 aromatic rings. The number of carbonyl (C=O) groups is 1. The lowest BCUT2D eigenvalue weighted by molar-refractivity contribution is -0.116. The zero-order chi connectivity index (χ0) is 19.5. The Balaban J connectivity index is 1.43. The molecule has 0 saturated heterocycles. The topological polar surface area (TPSA) is 68.0 Å². The predicted molar refractivity (Wildman–Crippen MR) is 110 cm³/mol. The number of aromatic nitrogens is 2. The zero-order valence-corrected chi connectivity index (χ0v) is 15.9. The molecule has 0 atom stereocenters. The Labute approximate surface area is 163 Å². The van der Waals surface area contributed by atoms with Crippen LogP contribution in [0.1, 0.15) is 23.4 Å². The summed E-state index contributed by atoms with van der Waals surface area (Å²) >= 11 is 0. The van der Waals surface area contributed by atoms with Gasteiger partial charge in [0.2, 0.25) is 17.6 Å². The number of nitrogens with one attached hydrogen (secondary N) is 1. The molecule has 0 saturated carbocycles. The van der Waals surface area contributed by atoms with Crippen molar-refractivity contribution >= 4 is 22.4 Å². The Hall–Kier alpha value is -3.47. The lowest BCUT2D eigenvalue weighted by atomic mass is 10.0. The molecule has 5 nitrogen and oxygen atoms in total. The van der Waals surface area contributed by atoms with Crippen LogP contribution in [0.2, 0.25) is 0 Å². The highest BCUT2D eigenvalue weighted by atomic mass is 16.5. The van der Waals surface area contributed by atoms with Gasteiger partial charge in [-0.1, -0.05) is 53.7 Å². The first-order valence-corrected chi connectivity index (χ1v) is 9.28. The fourth-order valence-corrected chi connectivity index (χ4v) is 3.15. The van der Waals surface area contributed by atoms with E-state index < -0.39 is 0 Å². The number of fused-ring (bicyclic) bond motifs is 1. The Morgan fingerprint density at radius 3 is 2.68 bits per heavy atom. The maximum absolute atomic E-state index is 12.2. The first-order valence-electron chi connectivity index (χ1n) is 9.28. The molecule has 1 N–H and O–H groups in total. The van der Waals surface area contributed by atoms with Gasteiger partial charge in [0.05, 0.1) is 0 Å². The van der Waals surface area contributed by atoms with Crippen LogP contribution in [0.3, 0.4) is 0 Å². The van der Waals surface area contributed by atoms with Crippen LogP contribution in [0.4, 0.5) is 5.69 Å². The van der Waals surface area contributed by atoms with E-state index in [1.807, 2.05) is 62.4 Å². The summed E-state index contributed by atoms with van der Waals surface area (Å²) in [6.45, 7) is 4.07. The molecule has 5 heteroatoms. The molecule has 0 spiro atoms. The molecule has 1 aromatic heterocycles. The number of hydrogen-bond donors (Lipinski definition) is 1. The maximum Gasteiger partial charge on any atom is 0.227 e. The smallest absolute Gasteiger partial charge is 0.227 e. The normalized spacial score (nSPS) is 10.9. The molecular weight excluding hydrogens is 350 g/mol. The second-order valence-electron chi connectivity index (χ2n) is 6.89. The van der Waals surface area contributed by atoms with Crippen molar-refractivity contribution in [2.45, 2.75) is 26.7 Å². The number of anilines is 1. The number of rotatable bonds is 5. The van der Waals surface area contributed by atoms with Crippen LogP contribution < -0.4 is 5.32 Å². The van der Waals surface area contributed by atoms with E-state index in [-0.39, 0.29) is 12.3 Å². The van der Waals surface area contributed by atoms with E-state index in [0.29, 0.717) is 18.1 Å². The van der Waals surface area contributed by atoms with Gasteiger partial charge in [-0.05, 0) is 47.9 Å². The number of benzene rings is 3. The largest absolute Gasteiger partial charge is 0.339 e. The molecule has 0 aliphatic carbocycles. The van der Waals surface area contributed by atoms with E-state index in [1.54, 1.807) is 0 Å². The fraction of sp³-hybridized carbons (Fsp3) is 0.174. The van der Waals surface area contributed by atoms with E-state index in [2.05, 4.69) is 27.6 Å². The third-order valence-corrected chi connectivity index (χ3v) is 4.86. The molecule has 0 unspecified atom stereocenters. The van der Waals surface area contributed by atoms with E-state index in [9.17, 15) is 4.79 Å². The van der Waals surface area contributed by atoms with Gasteiger partial charge >= 0.3 is 0 Å². The van der Waals surface area contributed by atoms with Crippen LogP contribution in [0.15, 0.2) is 65.2 Å². The first kappa shape index (κ1) is 17.9. The average molecular weight is 371 g/mol. The highest BCUT2D eigenvalue weighted by Crippen LogP contribution is 2.26. The van der Waals surface area contributed by atoms with Gasteiger partial charge in [-0.3, -0.25) is 4.79 Å². The van der Waals surface area contributed by atoms with Gasteiger partial charge in [0.15, 0.2) is 0 Å². The summed E-state index contributed by atoms with van der Waals surface area (Å²) in [5.74, 6) is 0.924. The molecule has 0 bridgehead atoms. The number of aryl methyl sites for hydroxylation is 3. The van der Waals surface area contributed by atoms with Crippen molar-refractivity contribution in [2.24, 2.45) is 0 Å². The van der Waals surface area contributed by atoms with Gasteiger partial charge in [0, 0.05) is 24.1 Å². The van der Waals surface area contributed by atoms with Gasteiger partial charge in [-0.15, -0.1) is 0 Å².